The number of allylic oxidation sites excluding steroid dienone is 2. The van der Waals surface area contributed by atoms with E-state index in [1.54, 1.807) is 0 Å². The second kappa shape index (κ2) is 5.29. The summed E-state index contributed by atoms with van der Waals surface area (Å²) in [5.41, 5.74) is 2.28. The van der Waals surface area contributed by atoms with Crippen LogP contribution in [0.4, 0.5) is 0 Å². The molecule has 0 aromatic heterocycles. The van der Waals surface area contributed by atoms with Gasteiger partial charge in [-0.2, -0.15) is 0 Å². The van der Waals surface area contributed by atoms with Crippen LogP contribution in [-0.4, -0.2) is 42.6 Å². The molecule has 0 bridgehead atoms. The van der Waals surface area contributed by atoms with Gasteiger partial charge in [0.05, 0.1) is 5.71 Å². The molecule has 0 spiro atoms. The van der Waals surface area contributed by atoms with Crippen molar-refractivity contribution in [1.29, 1.82) is 5.41 Å². The summed E-state index contributed by atoms with van der Waals surface area (Å²) in [5, 5.41) is 11.7. The number of hydrogen-bond donors (Lipinski definition) is 1. The van der Waals surface area contributed by atoms with Gasteiger partial charge in [-0.25, -0.2) is 0 Å². The summed E-state index contributed by atoms with van der Waals surface area (Å²) in [6, 6.07) is 0.790. The SMILES string of the molecule is CO/N=C1/C=C(CN2CC[C@H]3CCC[C@H]32)C=CC1=N. The maximum atomic E-state index is 7.79. The van der Waals surface area contributed by atoms with Gasteiger partial charge in [-0.05, 0) is 49.5 Å². The first-order valence-corrected chi connectivity index (χ1v) is 7.10. The van der Waals surface area contributed by atoms with Gasteiger partial charge >= 0.3 is 0 Å². The summed E-state index contributed by atoms with van der Waals surface area (Å²) < 4.78 is 0. The smallest absolute Gasteiger partial charge is 0.128 e. The topological polar surface area (TPSA) is 48.7 Å². The fraction of sp³-hybridized carbons (Fsp3) is 0.600. The van der Waals surface area contributed by atoms with Crippen LogP contribution in [-0.2, 0) is 4.84 Å². The Balaban J connectivity index is 1.70. The molecule has 1 N–H and O–H groups in total. The summed E-state index contributed by atoms with van der Waals surface area (Å²) in [5.74, 6) is 0.929. The van der Waals surface area contributed by atoms with E-state index in [2.05, 4.69) is 10.1 Å². The van der Waals surface area contributed by atoms with Crippen LogP contribution in [0.2, 0.25) is 0 Å². The Morgan fingerprint density at radius 3 is 3.11 bits per heavy atom. The zero-order valence-corrected chi connectivity index (χ0v) is 11.4. The Labute approximate surface area is 114 Å². The highest BCUT2D eigenvalue weighted by Crippen LogP contribution is 2.38. The average Bonchev–Trinajstić information content (AvgIpc) is 2.99. The second-order valence-corrected chi connectivity index (χ2v) is 5.64. The first-order chi connectivity index (χ1) is 9.28. The third-order valence-electron chi connectivity index (χ3n) is 4.51. The minimum absolute atomic E-state index is 0.422. The lowest BCUT2D eigenvalue weighted by Crippen LogP contribution is -2.32. The van der Waals surface area contributed by atoms with E-state index < -0.39 is 0 Å². The molecule has 3 rings (SSSR count). The first kappa shape index (κ1) is 12.6. The van der Waals surface area contributed by atoms with Crippen molar-refractivity contribution in [2.24, 2.45) is 11.1 Å². The van der Waals surface area contributed by atoms with Crippen LogP contribution in [0.25, 0.3) is 0 Å². The largest absolute Gasteiger partial charge is 0.399 e. The van der Waals surface area contributed by atoms with E-state index in [9.17, 15) is 0 Å². The molecule has 0 aromatic rings. The number of oxime groups is 1. The van der Waals surface area contributed by atoms with E-state index in [1.165, 1.54) is 44.9 Å². The number of rotatable bonds is 3. The molecule has 0 radical (unpaired) electrons. The van der Waals surface area contributed by atoms with Gasteiger partial charge in [0.2, 0.25) is 0 Å². The van der Waals surface area contributed by atoms with Crippen molar-refractivity contribution in [3.63, 3.8) is 0 Å². The van der Waals surface area contributed by atoms with E-state index in [-0.39, 0.29) is 0 Å². The Hall–Kier alpha value is -1.42. The fourth-order valence-electron chi connectivity index (χ4n) is 3.61. The van der Waals surface area contributed by atoms with Crippen LogP contribution in [0, 0.1) is 11.3 Å². The lowest BCUT2D eigenvalue weighted by atomic mass is 10.0. The Bertz CT molecular complexity index is 464. The molecule has 102 valence electrons. The van der Waals surface area contributed by atoms with E-state index in [1.807, 2.05) is 18.2 Å². The molecule has 4 nitrogen and oxygen atoms in total. The molecule has 3 aliphatic rings. The Morgan fingerprint density at radius 2 is 2.26 bits per heavy atom. The fourth-order valence-corrected chi connectivity index (χ4v) is 3.61. The van der Waals surface area contributed by atoms with Crippen LogP contribution in [0.15, 0.2) is 29.0 Å². The van der Waals surface area contributed by atoms with Gasteiger partial charge < -0.3 is 4.84 Å². The van der Waals surface area contributed by atoms with Crippen LogP contribution in [0.3, 0.4) is 0 Å². The first-order valence-electron chi connectivity index (χ1n) is 7.10. The number of hydrogen-bond acceptors (Lipinski definition) is 4. The predicted octanol–water partition coefficient (Wildman–Crippen LogP) is 2.38. The molecular formula is C15H21N3O. The standard InChI is InChI=1S/C15H21N3O/c1-19-17-14-9-11(5-6-13(14)16)10-18-8-7-12-3-2-4-15(12)18/h5-6,9,12,15-16H,2-4,7-8,10H2,1H3/b16-13?,17-14-/t12-,15-/m1/s1. The van der Waals surface area contributed by atoms with Crippen molar-refractivity contribution in [1.82, 2.24) is 4.90 Å². The molecule has 1 saturated heterocycles. The van der Waals surface area contributed by atoms with E-state index in [0.717, 1.165) is 18.5 Å². The van der Waals surface area contributed by atoms with Gasteiger partial charge in [0.25, 0.3) is 0 Å². The van der Waals surface area contributed by atoms with Crippen molar-refractivity contribution in [2.45, 2.75) is 31.7 Å². The quantitative estimate of drug-likeness (QED) is 0.625. The third kappa shape index (κ3) is 2.50. The molecule has 1 aliphatic heterocycles. The van der Waals surface area contributed by atoms with E-state index >= 15 is 0 Å². The van der Waals surface area contributed by atoms with Crippen molar-refractivity contribution in [2.75, 3.05) is 20.2 Å². The van der Waals surface area contributed by atoms with Crippen molar-refractivity contribution in [3.8, 4) is 0 Å². The number of nitrogens with one attached hydrogen (secondary N) is 1. The highest BCUT2D eigenvalue weighted by Gasteiger charge is 2.37. The van der Waals surface area contributed by atoms with Gasteiger partial charge in [-0.15, -0.1) is 0 Å². The lowest BCUT2D eigenvalue weighted by Gasteiger charge is -2.24. The van der Waals surface area contributed by atoms with Crippen molar-refractivity contribution in [3.05, 3.63) is 23.8 Å². The van der Waals surface area contributed by atoms with Crippen LogP contribution in [0.1, 0.15) is 25.7 Å². The maximum Gasteiger partial charge on any atom is 0.128 e. The van der Waals surface area contributed by atoms with Crippen molar-refractivity contribution >= 4 is 11.4 Å². The molecule has 0 aromatic carbocycles. The van der Waals surface area contributed by atoms with Gasteiger partial charge in [0.15, 0.2) is 0 Å². The summed E-state index contributed by atoms with van der Waals surface area (Å²) >= 11 is 0. The average molecular weight is 259 g/mol. The third-order valence-corrected chi connectivity index (χ3v) is 4.51. The zero-order chi connectivity index (χ0) is 13.2. The van der Waals surface area contributed by atoms with Gasteiger partial charge in [0.1, 0.15) is 12.8 Å². The molecule has 0 amide bonds. The molecule has 2 aliphatic carbocycles. The van der Waals surface area contributed by atoms with Gasteiger partial charge in [0, 0.05) is 12.6 Å². The van der Waals surface area contributed by atoms with Gasteiger partial charge in [-0.1, -0.05) is 17.7 Å². The Morgan fingerprint density at radius 1 is 1.37 bits per heavy atom. The molecule has 2 fully saturated rings. The number of nitrogens with zero attached hydrogens (tertiary/aromatic N) is 2. The normalized spacial score (nSPS) is 32.8. The minimum Gasteiger partial charge on any atom is -0.399 e. The lowest BCUT2D eigenvalue weighted by molar-refractivity contribution is 0.214. The summed E-state index contributed by atoms with van der Waals surface area (Å²) in [4.78, 5) is 7.40. The van der Waals surface area contributed by atoms with Crippen LogP contribution in [0.5, 0.6) is 0 Å². The van der Waals surface area contributed by atoms with Gasteiger partial charge in [-0.3, -0.25) is 10.3 Å². The predicted molar refractivity (Wildman–Crippen MR) is 76.7 cm³/mol. The summed E-state index contributed by atoms with van der Waals surface area (Å²) in [7, 11) is 1.52. The van der Waals surface area contributed by atoms with Crippen LogP contribution < -0.4 is 0 Å². The summed E-state index contributed by atoms with van der Waals surface area (Å²) in [6.07, 6.45) is 11.4. The minimum atomic E-state index is 0.422. The van der Waals surface area contributed by atoms with Crippen LogP contribution >= 0.6 is 0 Å². The van der Waals surface area contributed by atoms with E-state index in [0.29, 0.717) is 11.4 Å². The monoisotopic (exact) mass is 259 g/mol. The zero-order valence-electron chi connectivity index (χ0n) is 11.4. The number of likely N-dealkylation sites (tertiary alicyclic amines) is 1. The highest BCUT2D eigenvalue weighted by molar-refractivity contribution is 6.50. The molecule has 4 heteroatoms. The molecular weight excluding hydrogens is 238 g/mol. The molecule has 2 atom stereocenters. The Kier molecular flexibility index (Phi) is 3.51. The molecule has 0 unspecified atom stereocenters. The molecule has 1 heterocycles. The highest BCUT2D eigenvalue weighted by atomic mass is 16.6. The van der Waals surface area contributed by atoms with E-state index in [4.69, 9.17) is 10.2 Å². The molecule has 19 heavy (non-hydrogen) atoms. The second-order valence-electron chi connectivity index (χ2n) is 5.64. The maximum absolute atomic E-state index is 7.79. The number of fused-ring (bicyclic) bond motifs is 1. The molecule has 1 saturated carbocycles. The van der Waals surface area contributed by atoms with Crippen molar-refractivity contribution < 1.29 is 4.84 Å². The summed E-state index contributed by atoms with van der Waals surface area (Å²) in [6.45, 7) is 2.20.